The van der Waals surface area contributed by atoms with E-state index in [1.807, 2.05) is 23.6 Å². The first kappa shape index (κ1) is 12.4. The Balaban J connectivity index is 2.06. The second kappa shape index (κ2) is 5.55. The van der Waals surface area contributed by atoms with Crippen molar-refractivity contribution < 1.29 is 9.21 Å². The molecule has 1 aromatic rings. The fourth-order valence-electron chi connectivity index (χ4n) is 1.66. The molecule has 5 nitrogen and oxygen atoms in total. The van der Waals surface area contributed by atoms with Gasteiger partial charge in [-0.1, -0.05) is 6.92 Å². The van der Waals surface area contributed by atoms with Gasteiger partial charge in [-0.05, 0) is 6.42 Å². The zero-order valence-corrected chi connectivity index (χ0v) is 10.7. The van der Waals surface area contributed by atoms with Gasteiger partial charge in [-0.2, -0.15) is 11.8 Å². The number of hydrogen-bond acceptors (Lipinski definition) is 5. The molecule has 1 aliphatic rings. The van der Waals surface area contributed by atoms with Crippen LogP contribution < -0.4 is 5.73 Å². The summed E-state index contributed by atoms with van der Waals surface area (Å²) in [5, 5.41) is 0. The normalized spacial score (nSPS) is 18.1. The van der Waals surface area contributed by atoms with Crippen molar-refractivity contribution in [2.24, 2.45) is 5.73 Å². The van der Waals surface area contributed by atoms with E-state index in [4.69, 9.17) is 10.2 Å². The molecule has 2 N–H and O–H groups in total. The number of aromatic nitrogens is 1. The van der Waals surface area contributed by atoms with E-state index in [2.05, 4.69) is 4.98 Å². The van der Waals surface area contributed by atoms with Crippen LogP contribution in [0.25, 0.3) is 0 Å². The number of nitrogens with zero attached hydrogens (tertiary/aromatic N) is 2. The molecule has 1 amide bonds. The van der Waals surface area contributed by atoms with E-state index >= 15 is 0 Å². The fraction of sp³-hybridized carbons (Fsp3) is 0.636. The lowest BCUT2D eigenvalue weighted by Gasteiger charge is -2.25. The molecular weight excluding hydrogens is 238 g/mol. The maximum absolute atomic E-state index is 12.1. The highest BCUT2D eigenvalue weighted by atomic mass is 32.2. The van der Waals surface area contributed by atoms with Gasteiger partial charge >= 0.3 is 0 Å². The van der Waals surface area contributed by atoms with Crippen molar-refractivity contribution in [1.29, 1.82) is 0 Å². The Bertz CT molecular complexity index is 388. The summed E-state index contributed by atoms with van der Waals surface area (Å²) < 4.78 is 5.24. The second-order valence-electron chi connectivity index (χ2n) is 3.99. The summed E-state index contributed by atoms with van der Waals surface area (Å²) in [4.78, 5) is 18.1. The Morgan fingerprint density at radius 3 is 3.00 bits per heavy atom. The maximum Gasteiger partial charge on any atom is 0.275 e. The predicted molar refractivity (Wildman–Crippen MR) is 67.0 cm³/mol. The van der Waals surface area contributed by atoms with Gasteiger partial charge in [0, 0.05) is 24.6 Å². The minimum atomic E-state index is -0.228. The molecule has 0 radical (unpaired) electrons. The van der Waals surface area contributed by atoms with E-state index in [-0.39, 0.29) is 11.9 Å². The molecule has 1 unspecified atom stereocenters. The van der Waals surface area contributed by atoms with Crippen LogP contribution in [0.3, 0.4) is 0 Å². The van der Waals surface area contributed by atoms with Crippen LogP contribution in [-0.4, -0.2) is 40.4 Å². The highest BCUT2D eigenvalue weighted by Gasteiger charge is 2.22. The number of thioether (sulfide) groups is 1. The van der Waals surface area contributed by atoms with Crippen molar-refractivity contribution in [2.75, 3.05) is 24.6 Å². The average Bonchev–Trinajstić information content (AvgIpc) is 2.87. The van der Waals surface area contributed by atoms with E-state index in [0.717, 1.165) is 31.0 Å². The summed E-state index contributed by atoms with van der Waals surface area (Å²) in [6, 6.07) is -0.228. The van der Waals surface area contributed by atoms with Crippen LogP contribution in [0, 0.1) is 0 Å². The van der Waals surface area contributed by atoms with Crippen molar-refractivity contribution in [2.45, 2.75) is 19.4 Å². The lowest BCUT2D eigenvalue weighted by Crippen LogP contribution is -2.38. The average molecular weight is 255 g/mol. The van der Waals surface area contributed by atoms with Crippen LogP contribution in [0.5, 0.6) is 0 Å². The number of nitrogens with two attached hydrogens (primary N) is 1. The molecule has 17 heavy (non-hydrogen) atoms. The number of carbonyl (C=O) groups excluding carboxylic acids is 1. The summed E-state index contributed by atoms with van der Waals surface area (Å²) in [6.07, 6.45) is 2.16. The summed E-state index contributed by atoms with van der Waals surface area (Å²) in [5.74, 6) is 2.38. The first-order valence-electron chi connectivity index (χ1n) is 5.80. The Hall–Kier alpha value is -1.01. The van der Waals surface area contributed by atoms with Crippen LogP contribution in [0.4, 0.5) is 0 Å². The molecule has 0 bridgehead atoms. The molecule has 0 spiro atoms. The molecule has 6 heteroatoms. The summed E-state index contributed by atoms with van der Waals surface area (Å²) >= 11 is 1.87. The summed E-state index contributed by atoms with van der Waals surface area (Å²) in [6.45, 7) is 3.52. The Labute approximate surface area is 105 Å². The van der Waals surface area contributed by atoms with Crippen molar-refractivity contribution >= 4 is 17.7 Å². The Kier molecular flexibility index (Phi) is 4.06. The van der Waals surface area contributed by atoms with Gasteiger partial charge in [0.05, 0.1) is 6.04 Å². The monoisotopic (exact) mass is 255 g/mol. The van der Waals surface area contributed by atoms with Crippen LogP contribution in [0.1, 0.15) is 35.8 Å². The third kappa shape index (κ3) is 2.81. The number of carbonyl (C=O) groups is 1. The van der Waals surface area contributed by atoms with Crippen molar-refractivity contribution in [1.82, 2.24) is 9.88 Å². The van der Waals surface area contributed by atoms with Crippen molar-refractivity contribution in [3.63, 3.8) is 0 Å². The van der Waals surface area contributed by atoms with Crippen LogP contribution >= 0.6 is 11.8 Å². The largest absolute Gasteiger partial charge is 0.446 e. The van der Waals surface area contributed by atoms with Gasteiger partial charge in [-0.25, -0.2) is 4.98 Å². The molecule has 0 aromatic carbocycles. The van der Waals surface area contributed by atoms with Crippen LogP contribution in [-0.2, 0) is 0 Å². The predicted octanol–water partition coefficient (Wildman–Crippen LogP) is 1.27. The van der Waals surface area contributed by atoms with E-state index in [0.29, 0.717) is 11.6 Å². The van der Waals surface area contributed by atoms with E-state index < -0.39 is 0 Å². The first-order chi connectivity index (χ1) is 8.22. The highest BCUT2D eigenvalue weighted by Crippen LogP contribution is 2.16. The van der Waals surface area contributed by atoms with Gasteiger partial charge in [0.1, 0.15) is 6.26 Å². The smallest absolute Gasteiger partial charge is 0.275 e. The first-order valence-corrected chi connectivity index (χ1v) is 6.96. The van der Waals surface area contributed by atoms with Gasteiger partial charge in [0.25, 0.3) is 5.91 Å². The molecule has 1 fully saturated rings. The van der Waals surface area contributed by atoms with Crippen molar-refractivity contribution in [3.8, 4) is 0 Å². The number of oxazole rings is 1. The topological polar surface area (TPSA) is 72.4 Å². The molecule has 94 valence electrons. The van der Waals surface area contributed by atoms with Gasteiger partial charge in [-0.3, -0.25) is 4.79 Å². The highest BCUT2D eigenvalue weighted by molar-refractivity contribution is 7.99. The van der Waals surface area contributed by atoms with Gasteiger partial charge < -0.3 is 15.1 Å². The molecule has 2 rings (SSSR count). The van der Waals surface area contributed by atoms with E-state index in [1.165, 1.54) is 6.26 Å². The molecule has 2 heterocycles. The molecule has 0 saturated carbocycles. The van der Waals surface area contributed by atoms with Gasteiger partial charge in [-0.15, -0.1) is 0 Å². The molecular formula is C11H17N3O2S. The second-order valence-corrected chi connectivity index (χ2v) is 5.22. The Morgan fingerprint density at radius 1 is 1.65 bits per heavy atom. The molecule has 1 aromatic heterocycles. The summed E-state index contributed by atoms with van der Waals surface area (Å²) in [5.41, 5.74) is 6.17. The number of hydrogen-bond donors (Lipinski definition) is 1. The maximum atomic E-state index is 12.1. The van der Waals surface area contributed by atoms with E-state index in [9.17, 15) is 4.79 Å². The quantitative estimate of drug-likeness (QED) is 0.880. The number of rotatable bonds is 3. The Morgan fingerprint density at radius 2 is 2.35 bits per heavy atom. The lowest BCUT2D eigenvalue weighted by molar-refractivity contribution is 0.0766. The molecule has 0 aliphatic carbocycles. The summed E-state index contributed by atoms with van der Waals surface area (Å²) in [7, 11) is 0. The minimum Gasteiger partial charge on any atom is -0.446 e. The third-order valence-corrected chi connectivity index (χ3v) is 3.74. The molecule has 1 atom stereocenters. The van der Waals surface area contributed by atoms with Gasteiger partial charge in [0.2, 0.25) is 5.89 Å². The zero-order valence-electron chi connectivity index (χ0n) is 9.89. The SMILES string of the molecule is CCC(N)c1nc(C(=O)N2CCSCC2)co1. The lowest BCUT2D eigenvalue weighted by atomic mass is 10.2. The molecule has 1 aliphatic heterocycles. The standard InChI is InChI=1S/C11H17N3O2S/c1-2-8(12)10-13-9(7-16-10)11(15)14-3-5-17-6-4-14/h7-8H,2-6,12H2,1H3. The van der Waals surface area contributed by atoms with Crippen molar-refractivity contribution in [3.05, 3.63) is 17.8 Å². The van der Waals surface area contributed by atoms with Crippen LogP contribution in [0.15, 0.2) is 10.7 Å². The van der Waals surface area contributed by atoms with Gasteiger partial charge in [0.15, 0.2) is 5.69 Å². The van der Waals surface area contributed by atoms with Crippen LogP contribution in [0.2, 0.25) is 0 Å². The molecule has 1 saturated heterocycles. The minimum absolute atomic E-state index is 0.0522. The number of amides is 1. The third-order valence-electron chi connectivity index (χ3n) is 2.80. The fourth-order valence-corrected chi connectivity index (χ4v) is 2.56. The van der Waals surface area contributed by atoms with E-state index in [1.54, 1.807) is 0 Å². The zero-order chi connectivity index (χ0) is 12.3.